The lowest BCUT2D eigenvalue weighted by Gasteiger charge is -2.35. The Bertz CT molecular complexity index is 197. The maximum atomic E-state index is 5.61. The molecule has 102 valence electrons. The lowest BCUT2D eigenvalue weighted by Crippen LogP contribution is -2.47. The first-order valence-corrected chi connectivity index (χ1v) is 6.78. The monoisotopic (exact) mass is 243 g/mol. The SMILES string of the molecule is CCNC1CCOCC1CN(C)CCN(C)C. The van der Waals surface area contributed by atoms with Gasteiger partial charge in [0.15, 0.2) is 0 Å². The molecule has 1 heterocycles. The van der Waals surface area contributed by atoms with Gasteiger partial charge in [0.2, 0.25) is 0 Å². The number of ether oxygens (including phenoxy) is 1. The first kappa shape index (κ1) is 14.9. The number of hydrogen-bond donors (Lipinski definition) is 1. The molecule has 1 saturated heterocycles. The lowest BCUT2D eigenvalue weighted by atomic mass is 9.95. The number of hydrogen-bond acceptors (Lipinski definition) is 4. The molecule has 0 aromatic heterocycles. The summed E-state index contributed by atoms with van der Waals surface area (Å²) in [6.07, 6.45) is 1.15. The first-order valence-electron chi connectivity index (χ1n) is 6.78. The summed E-state index contributed by atoms with van der Waals surface area (Å²) in [6, 6.07) is 0.635. The van der Waals surface area contributed by atoms with Crippen molar-refractivity contribution in [3.8, 4) is 0 Å². The first-order chi connectivity index (χ1) is 8.13. The highest BCUT2D eigenvalue weighted by Crippen LogP contribution is 2.15. The quantitative estimate of drug-likeness (QED) is 0.704. The summed E-state index contributed by atoms with van der Waals surface area (Å²) in [6.45, 7) is 8.44. The van der Waals surface area contributed by atoms with E-state index < -0.39 is 0 Å². The van der Waals surface area contributed by atoms with Gasteiger partial charge in [0.05, 0.1) is 6.61 Å². The maximum Gasteiger partial charge on any atom is 0.0521 e. The van der Waals surface area contributed by atoms with Crippen molar-refractivity contribution in [3.63, 3.8) is 0 Å². The standard InChI is InChI=1S/C13H29N3O/c1-5-14-13-6-9-17-11-12(13)10-16(4)8-7-15(2)3/h12-14H,5-11H2,1-4H3. The van der Waals surface area contributed by atoms with E-state index in [0.717, 1.165) is 45.8 Å². The van der Waals surface area contributed by atoms with Gasteiger partial charge < -0.3 is 19.9 Å². The van der Waals surface area contributed by atoms with Crippen LogP contribution in [0.15, 0.2) is 0 Å². The summed E-state index contributed by atoms with van der Waals surface area (Å²) >= 11 is 0. The van der Waals surface area contributed by atoms with Gasteiger partial charge in [-0.05, 0) is 34.1 Å². The molecule has 4 heteroatoms. The van der Waals surface area contributed by atoms with Crippen molar-refractivity contribution in [2.45, 2.75) is 19.4 Å². The van der Waals surface area contributed by atoms with E-state index in [0.29, 0.717) is 12.0 Å². The van der Waals surface area contributed by atoms with Crippen LogP contribution in [0.2, 0.25) is 0 Å². The zero-order valence-electron chi connectivity index (χ0n) is 11.9. The van der Waals surface area contributed by atoms with Gasteiger partial charge in [-0.3, -0.25) is 0 Å². The second kappa shape index (κ2) is 8.03. The van der Waals surface area contributed by atoms with Crippen LogP contribution in [0.25, 0.3) is 0 Å². The molecule has 17 heavy (non-hydrogen) atoms. The second-order valence-corrected chi connectivity index (χ2v) is 5.35. The van der Waals surface area contributed by atoms with Crippen LogP contribution >= 0.6 is 0 Å². The molecule has 1 fully saturated rings. The largest absolute Gasteiger partial charge is 0.381 e. The van der Waals surface area contributed by atoms with E-state index in [9.17, 15) is 0 Å². The van der Waals surface area contributed by atoms with Crippen molar-refractivity contribution in [2.24, 2.45) is 5.92 Å². The Kier molecular flexibility index (Phi) is 7.04. The number of nitrogens with one attached hydrogen (secondary N) is 1. The molecule has 0 aromatic rings. The minimum Gasteiger partial charge on any atom is -0.381 e. The average molecular weight is 243 g/mol. The minimum atomic E-state index is 0.635. The molecule has 0 bridgehead atoms. The molecule has 0 aliphatic carbocycles. The molecule has 0 radical (unpaired) electrons. The third-order valence-electron chi connectivity index (χ3n) is 3.42. The summed E-state index contributed by atoms with van der Waals surface area (Å²) in [4.78, 5) is 4.65. The topological polar surface area (TPSA) is 27.7 Å². The van der Waals surface area contributed by atoms with E-state index in [1.54, 1.807) is 0 Å². The predicted molar refractivity (Wildman–Crippen MR) is 72.4 cm³/mol. The van der Waals surface area contributed by atoms with E-state index >= 15 is 0 Å². The van der Waals surface area contributed by atoms with E-state index in [1.165, 1.54) is 0 Å². The second-order valence-electron chi connectivity index (χ2n) is 5.35. The molecule has 1 aliphatic rings. The van der Waals surface area contributed by atoms with E-state index in [1.807, 2.05) is 0 Å². The molecule has 0 amide bonds. The van der Waals surface area contributed by atoms with Gasteiger partial charge in [-0.2, -0.15) is 0 Å². The fourth-order valence-corrected chi connectivity index (χ4v) is 2.37. The van der Waals surface area contributed by atoms with Gasteiger partial charge in [0, 0.05) is 38.2 Å². The molecule has 0 aromatic carbocycles. The Balaban J connectivity index is 2.30. The Morgan fingerprint density at radius 3 is 2.65 bits per heavy atom. The number of nitrogens with zero attached hydrogens (tertiary/aromatic N) is 2. The van der Waals surface area contributed by atoms with Crippen LogP contribution in [-0.4, -0.2) is 76.4 Å². The van der Waals surface area contributed by atoms with Crippen molar-refractivity contribution >= 4 is 0 Å². The maximum absolute atomic E-state index is 5.61. The summed E-state index contributed by atoms with van der Waals surface area (Å²) in [7, 11) is 6.46. The fourth-order valence-electron chi connectivity index (χ4n) is 2.37. The van der Waals surface area contributed by atoms with E-state index in [4.69, 9.17) is 4.74 Å². The van der Waals surface area contributed by atoms with Crippen molar-refractivity contribution in [1.29, 1.82) is 0 Å². The Morgan fingerprint density at radius 2 is 2.00 bits per heavy atom. The molecule has 1 rings (SSSR count). The molecule has 2 atom stereocenters. The highest BCUT2D eigenvalue weighted by atomic mass is 16.5. The third kappa shape index (κ3) is 5.82. The smallest absolute Gasteiger partial charge is 0.0521 e. The van der Waals surface area contributed by atoms with E-state index in [2.05, 4.69) is 43.2 Å². The average Bonchev–Trinajstić information content (AvgIpc) is 2.29. The summed E-state index contributed by atoms with van der Waals surface area (Å²) < 4.78 is 5.61. The van der Waals surface area contributed by atoms with Gasteiger partial charge in [0.1, 0.15) is 0 Å². The Hall–Kier alpha value is -0.160. The van der Waals surface area contributed by atoms with Crippen molar-refractivity contribution < 1.29 is 4.74 Å². The van der Waals surface area contributed by atoms with Gasteiger partial charge in [-0.15, -0.1) is 0 Å². The summed E-state index contributed by atoms with van der Waals surface area (Å²) in [5.74, 6) is 0.635. The molecular formula is C13H29N3O. The molecule has 4 nitrogen and oxygen atoms in total. The summed E-state index contributed by atoms with van der Waals surface area (Å²) in [5, 5.41) is 3.59. The fraction of sp³-hybridized carbons (Fsp3) is 1.00. The Morgan fingerprint density at radius 1 is 1.24 bits per heavy atom. The highest BCUT2D eigenvalue weighted by Gasteiger charge is 2.25. The molecule has 1 aliphatic heterocycles. The predicted octanol–water partition coefficient (Wildman–Crippen LogP) is 0.494. The number of likely N-dealkylation sites (N-methyl/N-ethyl adjacent to an activating group) is 2. The van der Waals surface area contributed by atoms with Crippen molar-refractivity contribution in [3.05, 3.63) is 0 Å². The third-order valence-corrected chi connectivity index (χ3v) is 3.42. The van der Waals surface area contributed by atoms with Crippen LogP contribution in [0.1, 0.15) is 13.3 Å². The van der Waals surface area contributed by atoms with Crippen LogP contribution in [0, 0.1) is 5.92 Å². The van der Waals surface area contributed by atoms with Gasteiger partial charge in [0.25, 0.3) is 0 Å². The normalized spacial score (nSPS) is 25.8. The van der Waals surface area contributed by atoms with E-state index in [-0.39, 0.29) is 0 Å². The van der Waals surface area contributed by atoms with Gasteiger partial charge >= 0.3 is 0 Å². The van der Waals surface area contributed by atoms with Crippen LogP contribution in [0.5, 0.6) is 0 Å². The van der Waals surface area contributed by atoms with Crippen molar-refractivity contribution in [1.82, 2.24) is 15.1 Å². The zero-order valence-corrected chi connectivity index (χ0v) is 11.9. The molecule has 1 N–H and O–H groups in total. The van der Waals surface area contributed by atoms with Crippen molar-refractivity contribution in [2.75, 3.05) is 60.5 Å². The molecule has 0 saturated carbocycles. The van der Waals surface area contributed by atoms with Crippen LogP contribution in [0.4, 0.5) is 0 Å². The molecule has 0 spiro atoms. The lowest BCUT2D eigenvalue weighted by molar-refractivity contribution is 0.0197. The van der Waals surface area contributed by atoms with Crippen LogP contribution in [-0.2, 0) is 4.74 Å². The highest BCUT2D eigenvalue weighted by molar-refractivity contribution is 4.81. The number of rotatable bonds is 7. The van der Waals surface area contributed by atoms with Gasteiger partial charge in [-0.1, -0.05) is 6.92 Å². The molecular weight excluding hydrogens is 214 g/mol. The van der Waals surface area contributed by atoms with Gasteiger partial charge in [-0.25, -0.2) is 0 Å². The minimum absolute atomic E-state index is 0.635. The van der Waals surface area contributed by atoms with Crippen LogP contribution < -0.4 is 5.32 Å². The molecule has 2 unspecified atom stereocenters. The van der Waals surface area contributed by atoms with Crippen LogP contribution in [0.3, 0.4) is 0 Å². The Labute approximate surface area is 106 Å². The zero-order chi connectivity index (χ0) is 12.7. The summed E-state index contributed by atoms with van der Waals surface area (Å²) in [5.41, 5.74) is 0.